The molecule has 0 aromatic carbocycles. The summed E-state index contributed by atoms with van der Waals surface area (Å²) in [7, 11) is 0. The summed E-state index contributed by atoms with van der Waals surface area (Å²) >= 11 is 0. The molecule has 4 amide bonds. The molecule has 0 radical (unpaired) electrons. The zero-order valence-electron chi connectivity index (χ0n) is 18.9. The first-order chi connectivity index (χ1) is 15.6. The number of carboxylic acid groups (broad SMARTS) is 4. The van der Waals surface area contributed by atoms with Gasteiger partial charge in [0, 0.05) is 26.2 Å². The van der Waals surface area contributed by atoms with E-state index in [0.717, 1.165) is 25.7 Å². The molecule has 0 bridgehead atoms. The van der Waals surface area contributed by atoms with Crippen LogP contribution in [0.2, 0.25) is 0 Å². The van der Waals surface area contributed by atoms with Crippen molar-refractivity contribution in [3.8, 4) is 0 Å². The largest absolute Gasteiger partial charge is 0.465 e. The second-order valence-electron chi connectivity index (χ2n) is 9.40. The summed E-state index contributed by atoms with van der Waals surface area (Å²) in [6, 6.07) is -1.88. The Kier molecular flexibility index (Phi) is 7.43. The molecule has 2 saturated carbocycles. The zero-order valence-corrected chi connectivity index (χ0v) is 18.9. The summed E-state index contributed by atoms with van der Waals surface area (Å²) in [5.41, 5.74) is -1.05. The molecule has 0 aromatic heterocycles. The number of carbonyl (C=O) groups is 4. The molecule has 0 aromatic rings. The van der Waals surface area contributed by atoms with Crippen molar-refractivity contribution < 1.29 is 39.6 Å². The molecular formula is C21H34N4O8. The third kappa shape index (κ3) is 4.88. The van der Waals surface area contributed by atoms with Crippen molar-refractivity contribution in [1.82, 2.24) is 19.6 Å². The zero-order chi connectivity index (χ0) is 24.3. The highest BCUT2D eigenvalue weighted by Gasteiger charge is 2.49. The number of hydrogen-bond donors (Lipinski definition) is 4. The fraction of sp³-hybridized carbons (Fsp3) is 0.810. The van der Waals surface area contributed by atoms with Crippen LogP contribution in [0.15, 0.2) is 0 Å². The van der Waals surface area contributed by atoms with E-state index in [9.17, 15) is 39.6 Å². The molecule has 1 saturated heterocycles. The minimum absolute atomic E-state index is 0.101. The van der Waals surface area contributed by atoms with Gasteiger partial charge in [-0.2, -0.15) is 0 Å². The van der Waals surface area contributed by atoms with Gasteiger partial charge in [-0.25, -0.2) is 19.2 Å². The molecule has 12 heteroatoms. The smallest absolute Gasteiger partial charge is 0.407 e. The molecule has 0 spiro atoms. The molecule has 3 aliphatic rings. The Morgan fingerprint density at radius 1 is 0.636 bits per heavy atom. The number of amides is 4. The third-order valence-electron chi connectivity index (χ3n) is 7.73. The van der Waals surface area contributed by atoms with Crippen LogP contribution in [0.1, 0.15) is 58.3 Å². The van der Waals surface area contributed by atoms with Gasteiger partial charge in [0.15, 0.2) is 0 Å². The van der Waals surface area contributed by atoms with Gasteiger partial charge in [-0.05, 0) is 32.6 Å². The molecule has 3 fully saturated rings. The topological polar surface area (TPSA) is 162 Å². The van der Waals surface area contributed by atoms with E-state index >= 15 is 0 Å². The van der Waals surface area contributed by atoms with E-state index in [2.05, 4.69) is 0 Å². The maximum absolute atomic E-state index is 12.3. The van der Waals surface area contributed by atoms with Crippen LogP contribution in [0.25, 0.3) is 0 Å². The quantitative estimate of drug-likeness (QED) is 0.420. The van der Waals surface area contributed by atoms with E-state index in [4.69, 9.17) is 0 Å². The predicted octanol–water partition coefficient (Wildman–Crippen LogP) is 2.93. The van der Waals surface area contributed by atoms with Crippen molar-refractivity contribution in [2.45, 2.75) is 82.0 Å². The molecule has 33 heavy (non-hydrogen) atoms. The van der Waals surface area contributed by atoms with Crippen LogP contribution in [0.5, 0.6) is 0 Å². The highest BCUT2D eigenvalue weighted by molar-refractivity contribution is 5.70. The standard InChI is InChI=1S/C21H34N4O8/c1-21-9-5-4-8-16(21)24(19(30)31)11-10-22(17(26)27)14-6-2-3-7-15(14)23(18(28)29)12-13-25(21)20(32)33/h14-16H,2-13H2,1H3,(H,26,27)(H,28,29)(H,30,31)(H,32,33). The average molecular weight is 471 g/mol. The van der Waals surface area contributed by atoms with Crippen molar-refractivity contribution in [2.75, 3.05) is 26.2 Å². The molecule has 4 N–H and O–H groups in total. The molecule has 1 heterocycles. The van der Waals surface area contributed by atoms with Crippen molar-refractivity contribution in [3.63, 3.8) is 0 Å². The second kappa shape index (κ2) is 9.92. The van der Waals surface area contributed by atoms with E-state index in [1.807, 2.05) is 0 Å². The van der Waals surface area contributed by atoms with Gasteiger partial charge in [-0.15, -0.1) is 0 Å². The van der Waals surface area contributed by atoms with E-state index in [-0.39, 0.29) is 26.2 Å². The highest BCUT2D eigenvalue weighted by Crippen LogP contribution is 2.38. The SMILES string of the molecule is CC12CCCCC1N(C(=O)O)CCN(C(=O)O)C1CCCCC1N(C(=O)O)CCN2C(=O)O. The Hall–Kier alpha value is -2.92. The third-order valence-corrected chi connectivity index (χ3v) is 7.73. The lowest BCUT2D eigenvalue weighted by Gasteiger charge is -2.52. The van der Waals surface area contributed by atoms with Gasteiger partial charge in [0.2, 0.25) is 0 Å². The van der Waals surface area contributed by atoms with Gasteiger partial charge in [-0.1, -0.05) is 25.7 Å². The molecule has 1 aliphatic heterocycles. The Bertz CT molecular complexity index is 779. The lowest BCUT2D eigenvalue weighted by molar-refractivity contribution is -0.0256. The van der Waals surface area contributed by atoms with Crippen molar-refractivity contribution in [1.29, 1.82) is 0 Å². The van der Waals surface area contributed by atoms with Crippen LogP contribution in [0, 0.1) is 0 Å². The Balaban J connectivity index is 2.08. The normalized spacial score (nSPS) is 31.5. The van der Waals surface area contributed by atoms with Gasteiger partial charge >= 0.3 is 24.4 Å². The molecule has 3 rings (SSSR count). The minimum Gasteiger partial charge on any atom is -0.465 e. The fourth-order valence-corrected chi connectivity index (χ4v) is 6.11. The van der Waals surface area contributed by atoms with Crippen molar-refractivity contribution in [3.05, 3.63) is 0 Å². The monoisotopic (exact) mass is 470 g/mol. The minimum atomic E-state index is -1.22. The molecule has 2 aliphatic carbocycles. The average Bonchev–Trinajstić information content (AvgIpc) is 2.73. The number of nitrogens with zero attached hydrogens (tertiary/aromatic N) is 4. The summed E-state index contributed by atoms with van der Waals surface area (Å²) in [5, 5.41) is 39.9. The number of hydrogen-bond acceptors (Lipinski definition) is 4. The summed E-state index contributed by atoms with van der Waals surface area (Å²) in [6.07, 6.45) is -0.0959. The van der Waals surface area contributed by atoms with E-state index in [0.29, 0.717) is 25.7 Å². The summed E-state index contributed by atoms with van der Waals surface area (Å²) < 4.78 is 0. The summed E-state index contributed by atoms with van der Waals surface area (Å²) in [4.78, 5) is 53.7. The number of fused-ring (bicyclic) bond motifs is 2. The van der Waals surface area contributed by atoms with Gasteiger partial charge in [0.1, 0.15) is 0 Å². The lowest BCUT2D eigenvalue weighted by atomic mass is 9.76. The van der Waals surface area contributed by atoms with Gasteiger partial charge in [-0.3, -0.25) is 4.90 Å². The molecule has 12 nitrogen and oxygen atoms in total. The molecule has 4 atom stereocenters. The fourth-order valence-electron chi connectivity index (χ4n) is 6.11. The maximum atomic E-state index is 12.3. The van der Waals surface area contributed by atoms with Crippen LogP contribution in [0.3, 0.4) is 0 Å². The molecule has 4 unspecified atom stereocenters. The van der Waals surface area contributed by atoms with Gasteiger partial charge in [0.25, 0.3) is 0 Å². The second-order valence-corrected chi connectivity index (χ2v) is 9.40. The van der Waals surface area contributed by atoms with Gasteiger partial charge < -0.3 is 35.1 Å². The van der Waals surface area contributed by atoms with E-state index < -0.39 is 48.0 Å². The Morgan fingerprint density at radius 3 is 1.58 bits per heavy atom. The predicted molar refractivity (Wildman–Crippen MR) is 116 cm³/mol. The lowest BCUT2D eigenvalue weighted by Crippen LogP contribution is -2.67. The van der Waals surface area contributed by atoms with Crippen molar-refractivity contribution in [2.24, 2.45) is 0 Å². The summed E-state index contributed by atoms with van der Waals surface area (Å²) in [5.74, 6) is 0. The maximum Gasteiger partial charge on any atom is 0.407 e. The van der Waals surface area contributed by atoms with Crippen LogP contribution < -0.4 is 0 Å². The van der Waals surface area contributed by atoms with Gasteiger partial charge in [0.05, 0.1) is 23.7 Å². The first-order valence-corrected chi connectivity index (χ1v) is 11.6. The van der Waals surface area contributed by atoms with Crippen LogP contribution >= 0.6 is 0 Å². The first kappa shape index (κ1) is 24.7. The van der Waals surface area contributed by atoms with Crippen molar-refractivity contribution >= 4 is 24.4 Å². The van der Waals surface area contributed by atoms with Crippen LogP contribution in [-0.4, -0.2) is 114 Å². The molecule has 186 valence electrons. The summed E-state index contributed by atoms with van der Waals surface area (Å²) in [6.45, 7) is 1.29. The Labute approximate surface area is 192 Å². The highest BCUT2D eigenvalue weighted by atomic mass is 16.4. The van der Waals surface area contributed by atoms with Crippen LogP contribution in [-0.2, 0) is 0 Å². The van der Waals surface area contributed by atoms with Crippen LogP contribution in [0.4, 0.5) is 19.2 Å². The van der Waals surface area contributed by atoms with E-state index in [1.165, 1.54) is 19.6 Å². The Morgan fingerprint density at radius 2 is 1.09 bits per heavy atom. The van der Waals surface area contributed by atoms with E-state index in [1.54, 1.807) is 6.92 Å². The first-order valence-electron chi connectivity index (χ1n) is 11.6. The number of rotatable bonds is 0. The molecular weight excluding hydrogens is 436 g/mol.